The zero-order valence-corrected chi connectivity index (χ0v) is 13.8. The highest BCUT2D eigenvalue weighted by atomic mass is 19.1. The van der Waals surface area contributed by atoms with Crippen LogP contribution < -0.4 is 10.6 Å². The number of carbonyl (C=O) groups excluding carboxylic acids is 2. The molecule has 0 aliphatic rings. The number of benzene rings is 1. The van der Waals surface area contributed by atoms with Crippen LogP contribution in [0.3, 0.4) is 0 Å². The molecule has 0 saturated heterocycles. The Morgan fingerprint density at radius 2 is 2.08 bits per heavy atom. The molecule has 0 bridgehead atoms. The molecule has 0 fully saturated rings. The van der Waals surface area contributed by atoms with E-state index in [1.807, 2.05) is 0 Å². The van der Waals surface area contributed by atoms with Crippen molar-refractivity contribution in [2.75, 3.05) is 10.6 Å². The maximum atomic E-state index is 13.8. The number of amides is 2. The summed E-state index contributed by atoms with van der Waals surface area (Å²) in [5.41, 5.74) is 0.359. The minimum Gasteiger partial charge on any atom is -0.461 e. The summed E-state index contributed by atoms with van der Waals surface area (Å²) in [6.45, 7) is 1.34. The molecule has 0 atom stereocenters. The number of nitrogens with one attached hydrogen (secondary N) is 2. The number of carbonyl (C=O) groups is 2. The Morgan fingerprint density at radius 3 is 2.81 bits per heavy atom. The molecular weight excluding hydrogens is 343 g/mol. The molecule has 3 aromatic rings. The van der Waals surface area contributed by atoms with Crippen molar-refractivity contribution in [1.29, 1.82) is 0 Å². The Bertz CT molecular complexity index is 921. The van der Waals surface area contributed by atoms with E-state index >= 15 is 0 Å². The summed E-state index contributed by atoms with van der Waals surface area (Å²) in [5, 5.41) is 8.74. The van der Waals surface area contributed by atoms with Gasteiger partial charge in [-0.05, 0) is 30.3 Å². The van der Waals surface area contributed by atoms with Crippen LogP contribution in [-0.2, 0) is 16.0 Å². The van der Waals surface area contributed by atoms with E-state index in [1.54, 1.807) is 12.1 Å². The summed E-state index contributed by atoms with van der Waals surface area (Å²) in [6, 6.07) is 7.29. The number of furan rings is 1. The van der Waals surface area contributed by atoms with E-state index in [9.17, 15) is 14.0 Å². The number of hydrogen-bond acceptors (Lipinski definition) is 6. The second kappa shape index (κ2) is 7.60. The molecule has 0 aliphatic heterocycles. The number of aryl methyl sites for hydroxylation is 1. The van der Waals surface area contributed by atoms with Crippen LogP contribution in [0.2, 0.25) is 0 Å². The number of nitrogens with zero attached hydrogens (tertiary/aromatic N) is 2. The van der Waals surface area contributed by atoms with Crippen LogP contribution in [0.4, 0.5) is 15.8 Å². The predicted octanol–water partition coefficient (Wildman–Crippen LogP) is 3.00. The first-order chi connectivity index (χ1) is 12.5. The van der Waals surface area contributed by atoms with Gasteiger partial charge < -0.3 is 19.6 Å². The highest BCUT2D eigenvalue weighted by molar-refractivity contribution is 5.93. The number of aromatic nitrogens is 2. The lowest BCUT2D eigenvalue weighted by Crippen LogP contribution is -2.14. The molecule has 0 aliphatic carbocycles. The SMILES string of the molecule is CC(=O)Nc1ccc(F)c(NC(=O)CCc2nc(-c3ccco3)no2)c1. The second-order valence-corrected chi connectivity index (χ2v) is 5.41. The molecule has 0 radical (unpaired) electrons. The second-order valence-electron chi connectivity index (χ2n) is 5.41. The van der Waals surface area contributed by atoms with Gasteiger partial charge in [0.2, 0.25) is 23.5 Å². The molecule has 2 N–H and O–H groups in total. The standard InChI is InChI=1S/C17H15FN4O4/c1-10(23)19-11-4-5-12(18)13(9-11)20-15(24)6-7-16-21-17(22-26-16)14-3-2-8-25-14/h2-5,8-9H,6-7H2,1H3,(H,19,23)(H,20,24). The fourth-order valence-electron chi connectivity index (χ4n) is 2.20. The van der Waals surface area contributed by atoms with Crippen LogP contribution in [0.25, 0.3) is 11.6 Å². The summed E-state index contributed by atoms with van der Waals surface area (Å²) in [5.74, 6) is -0.315. The summed E-state index contributed by atoms with van der Waals surface area (Å²) in [4.78, 5) is 27.2. The molecule has 134 valence electrons. The van der Waals surface area contributed by atoms with Gasteiger partial charge in [-0.25, -0.2) is 4.39 Å². The Kier molecular flexibility index (Phi) is 5.07. The van der Waals surface area contributed by atoms with Gasteiger partial charge in [-0.2, -0.15) is 4.98 Å². The van der Waals surface area contributed by atoms with Crippen molar-refractivity contribution in [3.8, 4) is 11.6 Å². The zero-order valence-electron chi connectivity index (χ0n) is 13.8. The molecule has 2 amide bonds. The molecule has 26 heavy (non-hydrogen) atoms. The Hall–Kier alpha value is -3.49. The fourth-order valence-corrected chi connectivity index (χ4v) is 2.20. The molecule has 0 unspecified atom stereocenters. The average molecular weight is 358 g/mol. The third-order valence-corrected chi connectivity index (χ3v) is 3.34. The van der Waals surface area contributed by atoms with Gasteiger partial charge in [-0.3, -0.25) is 9.59 Å². The molecule has 8 nitrogen and oxygen atoms in total. The van der Waals surface area contributed by atoms with Crippen molar-refractivity contribution in [2.45, 2.75) is 19.8 Å². The number of hydrogen-bond donors (Lipinski definition) is 2. The molecule has 0 saturated carbocycles. The molecule has 3 rings (SSSR count). The van der Waals surface area contributed by atoms with Crippen LogP contribution in [0.15, 0.2) is 45.5 Å². The van der Waals surface area contributed by atoms with Crippen LogP contribution in [-0.4, -0.2) is 22.0 Å². The zero-order chi connectivity index (χ0) is 18.5. The molecule has 1 aromatic carbocycles. The number of halogens is 1. The Morgan fingerprint density at radius 1 is 1.23 bits per heavy atom. The maximum Gasteiger partial charge on any atom is 0.238 e. The third-order valence-electron chi connectivity index (χ3n) is 3.34. The van der Waals surface area contributed by atoms with Gasteiger partial charge in [0.25, 0.3) is 0 Å². The summed E-state index contributed by atoms with van der Waals surface area (Å²) in [7, 11) is 0. The number of anilines is 2. The van der Waals surface area contributed by atoms with Gasteiger partial charge >= 0.3 is 0 Å². The quantitative estimate of drug-likeness (QED) is 0.701. The first-order valence-corrected chi connectivity index (χ1v) is 7.75. The minimum absolute atomic E-state index is 0.0175. The van der Waals surface area contributed by atoms with Gasteiger partial charge in [-0.1, -0.05) is 5.16 Å². The Labute approximate surface area is 147 Å². The lowest BCUT2D eigenvalue weighted by atomic mass is 10.2. The third kappa shape index (κ3) is 4.32. The van der Waals surface area contributed by atoms with Crippen molar-refractivity contribution in [3.63, 3.8) is 0 Å². The molecule has 9 heteroatoms. The van der Waals surface area contributed by atoms with Crippen molar-refractivity contribution in [2.24, 2.45) is 0 Å². The van der Waals surface area contributed by atoms with Gasteiger partial charge in [0, 0.05) is 25.5 Å². The molecule has 2 aromatic heterocycles. The van der Waals surface area contributed by atoms with E-state index in [2.05, 4.69) is 20.8 Å². The van der Waals surface area contributed by atoms with E-state index in [0.717, 1.165) is 6.07 Å². The van der Waals surface area contributed by atoms with Crippen LogP contribution >= 0.6 is 0 Å². The lowest BCUT2D eigenvalue weighted by molar-refractivity contribution is -0.116. The number of rotatable bonds is 6. The van der Waals surface area contributed by atoms with E-state index < -0.39 is 11.7 Å². The lowest BCUT2D eigenvalue weighted by Gasteiger charge is -2.08. The summed E-state index contributed by atoms with van der Waals surface area (Å²) >= 11 is 0. The summed E-state index contributed by atoms with van der Waals surface area (Å²) in [6.07, 6.45) is 1.69. The van der Waals surface area contributed by atoms with Gasteiger partial charge in [0.15, 0.2) is 5.76 Å². The molecule has 2 heterocycles. The first kappa shape index (κ1) is 17.3. The van der Waals surface area contributed by atoms with Crippen molar-refractivity contribution in [3.05, 3.63) is 48.3 Å². The monoisotopic (exact) mass is 358 g/mol. The van der Waals surface area contributed by atoms with Crippen molar-refractivity contribution < 1.29 is 22.9 Å². The van der Waals surface area contributed by atoms with E-state index in [1.165, 1.54) is 25.3 Å². The van der Waals surface area contributed by atoms with Crippen LogP contribution in [0.5, 0.6) is 0 Å². The maximum absolute atomic E-state index is 13.8. The first-order valence-electron chi connectivity index (χ1n) is 7.75. The molecule has 0 spiro atoms. The van der Waals surface area contributed by atoms with Gasteiger partial charge in [0.1, 0.15) is 5.82 Å². The minimum atomic E-state index is -0.606. The molecular formula is C17H15FN4O4. The average Bonchev–Trinajstić information content (AvgIpc) is 3.26. The van der Waals surface area contributed by atoms with Crippen LogP contribution in [0, 0.1) is 5.82 Å². The van der Waals surface area contributed by atoms with Gasteiger partial charge in [0.05, 0.1) is 12.0 Å². The smallest absolute Gasteiger partial charge is 0.238 e. The van der Waals surface area contributed by atoms with Gasteiger partial charge in [-0.15, -0.1) is 0 Å². The highest BCUT2D eigenvalue weighted by Gasteiger charge is 2.13. The van der Waals surface area contributed by atoms with E-state index in [4.69, 9.17) is 8.94 Å². The van der Waals surface area contributed by atoms with Crippen molar-refractivity contribution >= 4 is 23.2 Å². The largest absolute Gasteiger partial charge is 0.461 e. The van der Waals surface area contributed by atoms with Crippen molar-refractivity contribution in [1.82, 2.24) is 10.1 Å². The Balaban J connectivity index is 1.58. The van der Waals surface area contributed by atoms with E-state index in [-0.39, 0.29) is 30.3 Å². The van der Waals surface area contributed by atoms with E-state index in [0.29, 0.717) is 17.3 Å². The fraction of sp³-hybridized carbons (Fsp3) is 0.176. The predicted molar refractivity (Wildman–Crippen MR) is 89.7 cm³/mol. The normalized spacial score (nSPS) is 10.5. The summed E-state index contributed by atoms with van der Waals surface area (Å²) < 4.78 is 24.0. The highest BCUT2D eigenvalue weighted by Crippen LogP contribution is 2.20. The van der Waals surface area contributed by atoms with Crippen LogP contribution in [0.1, 0.15) is 19.2 Å². The topological polar surface area (TPSA) is 110 Å².